The molecule has 5 heteroatoms. The lowest BCUT2D eigenvalue weighted by molar-refractivity contribution is -0.136. The Labute approximate surface area is 115 Å². The number of benzene rings is 1. The second kappa shape index (κ2) is 5.75. The maximum Gasteiger partial charge on any atom is 0.307 e. The first-order valence-corrected chi connectivity index (χ1v) is 6.73. The number of rotatable bonds is 5. The fourth-order valence-electron chi connectivity index (χ4n) is 1.78. The van der Waals surface area contributed by atoms with E-state index in [1.165, 1.54) is 11.3 Å². The number of methoxy groups -OCH3 is 1. The van der Waals surface area contributed by atoms with Gasteiger partial charge in [-0.3, -0.25) is 4.79 Å². The maximum absolute atomic E-state index is 10.8. The van der Waals surface area contributed by atoms with Gasteiger partial charge in [0.25, 0.3) is 0 Å². The zero-order chi connectivity index (χ0) is 13.8. The summed E-state index contributed by atoms with van der Waals surface area (Å²) in [7, 11) is 1.63. The minimum atomic E-state index is -0.826. The van der Waals surface area contributed by atoms with E-state index in [0.29, 0.717) is 0 Å². The van der Waals surface area contributed by atoms with Crippen LogP contribution in [0.4, 0.5) is 11.4 Å². The number of thiophene rings is 1. The molecule has 0 unspecified atom stereocenters. The van der Waals surface area contributed by atoms with Gasteiger partial charge in [-0.1, -0.05) is 0 Å². The lowest BCUT2D eigenvalue weighted by Crippen LogP contribution is -2.02. The first-order chi connectivity index (χ1) is 9.10. The van der Waals surface area contributed by atoms with Crippen molar-refractivity contribution in [3.05, 3.63) is 40.1 Å². The van der Waals surface area contributed by atoms with E-state index >= 15 is 0 Å². The fourth-order valence-corrected chi connectivity index (χ4v) is 2.57. The molecule has 0 bridgehead atoms. The monoisotopic (exact) mass is 277 g/mol. The average Bonchev–Trinajstić information content (AvgIpc) is 2.78. The summed E-state index contributed by atoms with van der Waals surface area (Å²) in [6, 6.07) is 5.74. The van der Waals surface area contributed by atoms with Gasteiger partial charge in [0.15, 0.2) is 0 Å². The molecule has 1 aromatic heterocycles. The molecule has 0 aliphatic heterocycles. The molecule has 2 rings (SSSR count). The standard InChI is InChI=1S/C14H15NO3S/c1-9-5-11(18-2)3-4-12(9)15-13-8-19-7-10(13)6-14(16)17/h3-5,7-8,15H,6H2,1-2H3,(H,16,17). The molecule has 0 fully saturated rings. The van der Waals surface area contributed by atoms with E-state index in [9.17, 15) is 4.79 Å². The molecule has 1 aromatic carbocycles. The number of carboxylic acid groups (broad SMARTS) is 1. The van der Waals surface area contributed by atoms with Crippen molar-refractivity contribution in [1.29, 1.82) is 0 Å². The van der Waals surface area contributed by atoms with Crippen LogP contribution in [0, 0.1) is 6.92 Å². The van der Waals surface area contributed by atoms with Gasteiger partial charge in [-0.25, -0.2) is 0 Å². The van der Waals surface area contributed by atoms with Crippen LogP contribution < -0.4 is 10.1 Å². The summed E-state index contributed by atoms with van der Waals surface area (Å²) in [5.74, 6) is -0.0213. The summed E-state index contributed by atoms with van der Waals surface area (Å²) in [6.07, 6.45) is 0.0288. The van der Waals surface area contributed by atoms with Crippen molar-refractivity contribution in [2.75, 3.05) is 12.4 Å². The SMILES string of the molecule is COc1ccc(Nc2cscc2CC(=O)O)c(C)c1. The molecule has 4 nitrogen and oxygen atoms in total. The van der Waals surface area contributed by atoms with Crippen molar-refractivity contribution in [3.8, 4) is 5.75 Å². The van der Waals surface area contributed by atoms with Gasteiger partial charge in [0.1, 0.15) is 5.75 Å². The Morgan fingerprint density at radius 3 is 2.79 bits per heavy atom. The minimum Gasteiger partial charge on any atom is -0.497 e. The van der Waals surface area contributed by atoms with Crippen molar-refractivity contribution in [2.24, 2.45) is 0 Å². The summed E-state index contributed by atoms with van der Waals surface area (Å²) in [5, 5.41) is 15.9. The number of aryl methyl sites for hydroxylation is 1. The highest BCUT2D eigenvalue weighted by molar-refractivity contribution is 7.08. The number of carbonyl (C=O) groups is 1. The van der Waals surface area contributed by atoms with Crippen LogP contribution in [0.3, 0.4) is 0 Å². The lowest BCUT2D eigenvalue weighted by atomic mass is 10.1. The van der Waals surface area contributed by atoms with Gasteiger partial charge < -0.3 is 15.2 Å². The summed E-state index contributed by atoms with van der Waals surface area (Å²) >= 11 is 1.49. The predicted octanol–water partition coefficient (Wildman–Crippen LogP) is 3.44. The highest BCUT2D eigenvalue weighted by Crippen LogP contribution is 2.28. The van der Waals surface area contributed by atoms with Gasteiger partial charge in [-0.05, 0) is 41.6 Å². The van der Waals surface area contributed by atoms with E-state index in [0.717, 1.165) is 28.3 Å². The molecule has 0 saturated heterocycles. The number of hydrogen-bond donors (Lipinski definition) is 2. The number of ether oxygens (including phenoxy) is 1. The molecule has 0 amide bonds. The van der Waals surface area contributed by atoms with E-state index in [1.807, 2.05) is 35.9 Å². The molecule has 0 spiro atoms. The molecular weight excluding hydrogens is 262 g/mol. The Morgan fingerprint density at radius 2 is 2.16 bits per heavy atom. The Bertz CT molecular complexity index is 592. The molecule has 19 heavy (non-hydrogen) atoms. The molecule has 100 valence electrons. The second-order valence-corrected chi connectivity index (χ2v) is 4.93. The summed E-state index contributed by atoms with van der Waals surface area (Å²) in [5.41, 5.74) is 3.64. The summed E-state index contributed by atoms with van der Waals surface area (Å²) < 4.78 is 5.16. The molecule has 0 aliphatic rings. The van der Waals surface area contributed by atoms with Crippen molar-refractivity contribution in [3.63, 3.8) is 0 Å². The van der Waals surface area contributed by atoms with Gasteiger partial charge in [0.05, 0.1) is 19.2 Å². The van der Waals surface area contributed by atoms with Gasteiger partial charge in [-0.2, -0.15) is 0 Å². The van der Waals surface area contributed by atoms with Crippen LogP contribution in [-0.2, 0) is 11.2 Å². The normalized spacial score (nSPS) is 10.2. The number of anilines is 2. The quantitative estimate of drug-likeness (QED) is 0.879. The topological polar surface area (TPSA) is 58.6 Å². The smallest absolute Gasteiger partial charge is 0.307 e. The Kier molecular flexibility index (Phi) is 4.06. The van der Waals surface area contributed by atoms with Crippen LogP contribution in [0.15, 0.2) is 29.0 Å². The highest BCUT2D eigenvalue weighted by atomic mass is 32.1. The molecule has 2 N–H and O–H groups in total. The number of hydrogen-bond acceptors (Lipinski definition) is 4. The van der Waals surface area contributed by atoms with Crippen LogP contribution in [-0.4, -0.2) is 18.2 Å². The lowest BCUT2D eigenvalue weighted by Gasteiger charge is -2.11. The molecule has 0 atom stereocenters. The minimum absolute atomic E-state index is 0.0288. The van der Waals surface area contributed by atoms with E-state index in [4.69, 9.17) is 9.84 Å². The number of carboxylic acids is 1. The molecule has 0 aliphatic carbocycles. The van der Waals surface area contributed by atoms with Crippen molar-refractivity contribution >= 4 is 28.7 Å². The van der Waals surface area contributed by atoms with E-state index in [2.05, 4.69) is 5.32 Å². The Hall–Kier alpha value is -2.01. The van der Waals surface area contributed by atoms with Gasteiger partial charge in [0, 0.05) is 11.1 Å². The Balaban J connectivity index is 2.21. The third-order valence-corrected chi connectivity index (χ3v) is 3.58. The van der Waals surface area contributed by atoms with Crippen molar-refractivity contribution in [1.82, 2.24) is 0 Å². The maximum atomic E-state index is 10.8. The van der Waals surface area contributed by atoms with Crippen molar-refractivity contribution in [2.45, 2.75) is 13.3 Å². The van der Waals surface area contributed by atoms with Gasteiger partial charge in [0.2, 0.25) is 0 Å². The van der Waals surface area contributed by atoms with Gasteiger partial charge in [-0.15, -0.1) is 11.3 Å². The third-order valence-electron chi connectivity index (χ3n) is 2.79. The van der Waals surface area contributed by atoms with Crippen LogP contribution in [0.5, 0.6) is 5.75 Å². The zero-order valence-corrected chi connectivity index (χ0v) is 11.6. The number of nitrogens with one attached hydrogen (secondary N) is 1. The number of aliphatic carboxylic acids is 1. The molecule has 1 heterocycles. The van der Waals surface area contributed by atoms with Crippen LogP contribution in [0.25, 0.3) is 0 Å². The van der Waals surface area contributed by atoms with Crippen molar-refractivity contribution < 1.29 is 14.6 Å². The Morgan fingerprint density at radius 1 is 1.37 bits per heavy atom. The zero-order valence-electron chi connectivity index (χ0n) is 10.8. The predicted molar refractivity (Wildman–Crippen MR) is 76.7 cm³/mol. The first-order valence-electron chi connectivity index (χ1n) is 5.78. The van der Waals surface area contributed by atoms with Gasteiger partial charge >= 0.3 is 5.97 Å². The highest BCUT2D eigenvalue weighted by Gasteiger charge is 2.09. The van der Waals surface area contributed by atoms with Crippen LogP contribution >= 0.6 is 11.3 Å². The average molecular weight is 277 g/mol. The van der Waals surface area contributed by atoms with E-state index in [-0.39, 0.29) is 6.42 Å². The molecule has 0 radical (unpaired) electrons. The largest absolute Gasteiger partial charge is 0.497 e. The fraction of sp³-hybridized carbons (Fsp3) is 0.214. The molecule has 0 saturated carbocycles. The molecule has 2 aromatic rings. The van der Waals surface area contributed by atoms with Crippen LogP contribution in [0.2, 0.25) is 0 Å². The van der Waals surface area contributed by atoms with E-state index in [1.54, 1.807) is 7.11 Å². The summed E-state index contributed by atoms with van der Waals surface area (Å²) in [6.45, 7) is 1.98. The van der Waals surface area contributed by atoms with Crippen LogP contribution in [0.1, 0.15) is 11.1 Å². The first kappa shape index (κ1) is 13.4. The third kappa shape index (κ3) is 3.26. The second-order valence-electron chi connectivity index (χ2n) is 4.19. The van der Waals surface area contributed by atoms with E-state index < -0.39 is 5.97 Å². The summed E-state index contributed by atoms with van der Waals surface area (Å²) in [4.78, 5) is 10.8. The molecular formula is C14H15NO3S.